The first kappa shape index (κ1) is 13.6. The zero-order chi connectivity index (χ0) is 13.1. The lowest BCUT2D eigenvalue weighted by Crippen LogP contribution is -2.19. The number of Topliss-reactive ketones (excluding diaryl/α,β-unsaturated/α-hetero) is 1. The molecule has 4 heteroatoms. The molecule has 1 aromatic rings. The van der Waals surface area contributed by atoms with Gasteiger partial charge in [-0.2, -0.15) is 0 Å². The van der Waals surface area contributed by atoms with Gasteiger partial charge in [-0.1, -0.05) is 34.5 Å². The topological polar surface area (TPSA) is 29.1 Å². The SMILES string of the molecule is C[C@H]1CCC/C(=C/Nc2ccc(Br)cc2Cl)C1=O. The fourth-order valence-electron chi connectivity index (χ4n) is 2.08. The number of anilines is 1. The normalized spacial score (nSPS) is 22.3. The summed E-state index contributed by atoms with van der Waals surface area (Å²) in [5, 5.41) is 3.76. The number of hydrogen-bond acceptors (Lipinski definition) is 2. The lowest BCUT2D eigenvalue weighted by Gasteiger charge is -2.19. The number of halogens is 2. The molecule has 0 saturated heterocycles. The number of allylic oxidation sites excluding steroid dienone is 1. The third-order valence-electron chi connectivity index (χ3n) is 3.18. The maximum atomic E-state index is 11.9. The van der Waals surface area contributed by atoms with Crippen molar-refractivity contribution in [1.82, 2.24) is 0 Å². The molecule has 1 aliphatic carbocycles. The van der Waals surface area contributed by atoms with Crippen molar-refractivity contribution in [3.63, 3.8) is 0 Å². The number of hydrogen-bond donors (Lipinski definition) is 1. The van der Waals surface area contributed by atoms with Crippen LogP contribution in [0.25, 0.3) is 0 Å². The molecule has 0 spiro atoms. The number of benzene rings is 1. The Morgan fingerprint density at radius 2 is 2.28 bits per heavy atom. The molecule has 0 bridgehead atoms. The van der Waals surface area contributed by atoms with Crippen LogP contribution >= 0.6 is 27.5 Å². The van der Waals surface area contributed by atoms with E-state index in [1.165, 1.54) is 0 Å². The van der Waals surface area contributed by atoms with Gasteiger partial charge in [-0.05, 0) is 37.5 Å². The van der Waals surface area contributed by atoms with Gasteiger partial charge in [0.25, 0.3) is 0 Å². The third-order valence-corrected chi connectivity index (χ3v) is 3.99. The average Bonchev–Trinajstić information content (AvgIpc) is 2.33. The van der Waals surface area contributed by atoms with E-state index >= 15 is 0 Å². The van der Waals surface area contributed by atoms with Crippen molar-refractivity contribution in [3.8, 4) is 0 Å². The Bertz CT molecular complexity index is 499. The molecule has 1 saturated carbocycles. The van der Waals surface area contributed by atoms with Gasteiger partial charge < -0.3 is 5.32 Å². The van der Waals surface area contributed by atoms with E-state index in [4.69, 9.17) is 11.6 Å². The standard InChI is InChI=1S/C14H15BrClNO/c1-9-3-2-4-10(14(9)18)8-17-13-6-5-11(15)7-12(13)16/h5-9,17H,2-4H2,1H3/b10-8-/t9-/m0/s1. The van der Waals surface area contributed by atoms with Crippen LogP contribution in [0.2, 0.25) is 5.02 Å². The molecule has 0 aromatic heterocycles. The Kier molecular flexibility index (Phi) is 4.46. The number of rotatable bonds is 2. The summed E-state index contributed by atoms with van der Waals surface area (Å²) in [4.78, 5) is 11.9. The number of carbonyl (C=O) groups excluding carboxylic acids is 1. The summed E-state index contributed by atoms with van der Waals surface area (Å²) >= 11 is 9.47. The first-order valence-corrected chi connectivity index (χ1v) is 7.20. The van der Waals surface area contributed by atoms with Crippen LogP contribution in [-0.4, -0.2) is 5.78 Å². The Morgan fingerprint density at radius 3 is 3.00 bits per heavy atom. The van der Waals surface area contributed by atoms with Crippen LogP contribution in [0.15, 0.2) is 34.4 Å². The molecule has 0 amide bonds. The minimum Gasteiger partial charge on any atom is -0.360 e. The highest BCUT2D eigenvalue weighted by atomic mass is 79.9. The number of nitrogens with one attached hydrogen (secondary N) is 1. The zero-order valence-electron chi connectivity index (χ0n) is 10.2. The van der Waals surface area contributed by atoms with Crippen molar-refractivity contribution < 1.29 is 4.79 Å². The molecule has 2 nitrogen and oxygen atoms in total. The van der Waals surface area contributed by atoms with Gasteiger partial charge in [0, 0.05) is 22.2 Å². The van der Waals surface area contributed by atoms with Crippen LogP contribution in [-0.2, 0) is 4.79 Å². The Morgan fingerprint density at radius 1 is 1.50 bits per heavy atom. The maximum Gasteiger partial charge on any atom is 0.163 e. The smallest absolute Gasteiger partial charge is 0.163 e. The van der Waals surface area contributed by atoms with Crippen LogP contribution in [0.3, 0.4) is 0 Å². The van der Waals surface area contributed by atoms with Gasteiger partial charge in [0.1, 0.15) is 0 Å². The molecule has 96 valence electrons. The Hall–Kier alpha value is -0.800. The van der Waals surface area contributed by atoms with Gasteiger partial charge in [-0.15, -0.1) is 0 Å². The van der Waals surface area contributed by atoms with Crippen LogP contribution in [0.4, 0.5) is 5.69 Å². The molecule has 0 radical (unpaired) electrons. The van der Waals surface area contributed by atoms with Crippen molar-refractivity contribution in [3.05, 3.63) is 39.5 Å². The van der Waals surface area contributed by atoms with Gasteiger partial charge in [-0.25, -0.2) is 0 Å². The molecule has 18 heavy (non-hydrogen) atoms. The summed E-state index contributed by atoms with van der Waals surface area (Å²) < 4.78 is 0.938. The summed E-state index contributed by atoms with van der Waals surface area (Å²) in [6.07, 6.45) is 4.72. The minimum absolute atomic E-state index is 0.146. The quantitative estimate of drug-likeness (QED) is 0.791. The van der Waals surface area contributed by atoms with Crippen molar-refractivity contribution >= 4 is 39.0 Å². The van der Waals surface area contributed by atoms with E-state index in [-0.39, 0.29) is 11.7 Å². The Labute approximate surface area is 121 Å². The summed E-state index contributed by atoms with van der Waals surface area (Å²) in [5.41, 5.74) is 1.69. The third kappa shape index (κ3) is 3.15. The molecule has 1 N–H and O–H groups in total. The zero-order valence-corrected chi connectivity index (χ0v) is 12.5. The van der Waals surface area contributed by atoms with E-state index in [0.717, 1.165) is 35.0 Å². The summed E-state index contributed by atoms with van der Waals surface area (Å²) in [6.45, 7) is 1.99. The van der Waals surface area contributed by atoms with Crippen molar-refractivity contribution in [1.29, 1.82) is 0 Å². The lowest BCUT2D eigenvalue weighted by molar-refractivity contribution is -0.119. The fourth-order valence-corrected chi connectivity index (χ4v) is 2.81. The first-order valence-electron chi connectivity index (χ1n) is 6.03. The van der Waals surface area contributed by atoms with E-state index in [1.54, 1.807) is 6.20 Å². The highest BCUT2D eigenvalue weighted by Crippen LogP contribution is 2.28. The number of ketones is 1. The van der Waals surface area contributed by atoms with E-state index in [2.05, 4.69) is 21.2 Å². The van der Waals surface area contributed by atoms with Crippen LogP contribution in [0, 0.1) is 5.92 Å². The van der Waals surface area contributed by atoms with E-state index in [0.29, 0.717) is 5.02 Å². The summed E-state index contributed by atoms with van der Waals surface area (Å²) in [6, 6.07) is 5.63. The lowest BCUT2D eigenvalue weighted by atomic mass is 9.86. The average molecular weight is 329 g/mol. The van der Waals surface area contributed by atoms with Crippen molar-refractivity contribution in [2.75, 3.05) is 5.32 Å². The molecule has 1 aromatic carbocycles. The van der Waals surface area contributed by atoms with Crippen molar-refractivity contribution in [2.24, 2.45) is 5.92 Å². The molecule has 0 unspecified atom stereocenters. The van der Waals surface area contributed by atoms with Gasteiger partial charge >= 0.3 is 0 Å². The second kappa shape index (κ2) is 5.89. The van der Waals surface area contributed by atoms with Gasteiger partial charge in [0.2, 0.25) is 0 Å². The molecule has 1 fully saturated rings. The summed E-state index contributed by atoms with van der Waals surface area (Å²) in [7, 11) is 0. The molecule has 0 heterocycles. The minimum atomic E-state index is 0.146. The highest BCUT2D eigenvalue weighted by Gasteiger charge is 2.22. The maximum absolute atomic E-state index is 11.9. The van der Waals surface area contributed by atoms with Crippen molar-refractivity contribution in [2.45, 2.75) is 26.2 Å². The van der Waals surface area contributed by atoms with Crippen LogP contribution in [0.1, 0.15) is 26.2 Å². The van der Waals surface area contributed by atoms with Gasteiger partial charge in [0.05, 0.1) is 10.7 Å². The fraction of sp³-hybridized carbons (Fsp3) is 0.357. The van der Waals surface area contributed by atoms with E-state index in [9.17, 15) is 4.79 Å². The molecule has 1 aliphatic rings. The second-order valence-corrected chi connectivity index (χ2v) is 5.92. The van der Waals surface area contributed by atoms with E-state index in [1.807, 2.05) is 25.1 Å². The molecular formula is C14H15BrClNO. The van der Waals surface area contributed by atoms with Crippen LogP contribution in [0.5, 0.6) is 0 Å². The second-order valence-electron chi connectivity index (χ2n) is 4.60. The highest BCUT2D eigenvalue weighted by molar-refractivity contribution is 9.10. The Balaban J connectivity index is 2.12. The molecule has 1 atom stereocenters. The summed E-state index contributed by atoms with van der Waals surface area (Å²) in [5.74, 6) is 0.397. The van der Waals surface area contributed by atoms with E-state index < -0.39 is 0 Å². The first-order chi connectivity index (χ1) is 8.58. The molecule has 0 aliphatic heterocycles. The molecular weight excluding hydrogens is 314 g/mol. The number of carbonyl (C=O) groups is 1. The molecule has 2 rings (SSSR count). The van der Waals surface area contributed by atoms with Gasteiger partial charge in [-0.3, -0.25) is 4.79 Å². The van der Waals surface area contributed by atoms with Gasteiger partial charge in [0.15, 0.2) is 5.78 Å². The van der Waals surface area contributed by atoms with Crippen LogP contribution < -0.4 is 5.32 Å². The monoisotopic (exact) mass is 327 g/mol. The predicted molar refractivity (Wildman–Crippen MR) is 78.9 cm³/mol. The predicted octanol–water partition coefficient (Wildman–Crippen LogP) is 4.79. The largest absolute Gasteiger partial charge is 0.360 e.